The second-order valence-electron chi connectivity index (χ2n) is 5.90. The van der Waals surface area contributed by atoms with E-state index in [0.717, 1.165) is 11.6 Å². The SMILES string of the molecule is Cc1ccc(S(=O)(=O)N2CCN(C(=O)c3ccc([N+](=O)[O-])o3)CC2)cc1. The number of furan rings is 1. The van der Waals surface area contributed by atoms with Gasteiger partial charge in [-0.25, -0.2) is 8.42 Å². The van der Waals surface area contributed by atoms with E-state index in [-0.39, 0.29) is 36.8 Å². The zero-order valence-corrected chi connectivity index (χ0v) is 14.8. The van der Waals surface area contributed by atoms with E-state index in [2.05, 4.69) is 0 Å². The Morgan fingerprint density at radius 1 is 1.08 bits per heavy atom. The van der Waals surface area contributed by atoms with Crippen LogP contribution in [0.15, 0.2) is 45.7 Å². The van der Waals surface area contributed by atoms with E-state index in [0.29, 0.717) is 0 Å². The molecule has 1 aromatic carbocycles. The average molecular weight is 379 g/mol. The van der Waals surface area contributed by atoms with Crippen LogP contribution in [0.2, 0.25) is 0 Å². The molecule has 0 aliphatic carbocycles. The molecule has 0 bridgehead atoms. The third kappa shape index (κ3) is 3.46. The van der Waals surface area contributed by atoms with Gasteiger partial charge in [0.05, 0.1) is 11.0 Å². The minimum absolute atomic E-state index is 0.133. The fourth-order valence-corrected chi connectivity index (χ4v) is 4.11. The first-order valence-corrected chi connectivity index (χ1v) is 9.33. The summed E-state index contributed by atoms with van der Waals surface area (Å²) >= 11 is 0. The van der Waals surface area contributed by atoms with Crippen molar-refractivity contribution in [2.45, 2.75) is 11.8 Å². The zero-order valence-electron chi connectivity index (χ0n) is 14.0. The molecule has 138 valence electrons. The first-order chi connectivity index (χ1) is 12.3. The van der Waals surface area contributed by atoms with E-state index in [1.807, 2.05) is 6.92 Å². The van der Waals surface area contributed by atoms with Crippen molar-refractivity contribution in [1.29, 1.82) is 0 Å². The summed E-state index contributed by atoms with van der Waals surface area (Å²) in [5.74, 6) is -1.13. The predicted molar refractivity (Wildman–Crippen MR) is 91.2 cm³/mol. The molecule has 0 spiro atoms. The number of nitro groups is 1. The molecule has 1 aliphatic heterocycles. The Bertz CT molecular complexity index is 927. The smallest absolute Gasteiger partial charge is 0.395 e. The molecular formula is C16H17N3O6S. The normalized spacial score (nSPS) is 15.8. The van der Waals surface area contributed by atoms with E-state index >= 15 is 0 Å². The molecule has 0 N–H and O–H groups in total. The van der Waals surface area contributed by atoms with Crippen molar-refractivity contribution in [3.05, 3.63) is 57.8 Å². The van der Waals surface area contributed by atoms with Gasteiger partial charge >= 0.3 is 5.88 Å². The molecule has 0 atom stereocenters. The van der Waals surface area contributed by atoms with E-state index in [1.165, 1.54) is 15.3 Å². The lowest BCUT2D eigenvalue weighted by Crippen LogP contribution is -2.50. The summed E-state index contributed by atoms with van der Waals surface area (Å²) in [6.07, 6.45) is 0. The van der Waals surface area contributed by atoms with Crippen LogP contribution < -0.4 is 0 Å². The zero-order chi connectivity index (χ0) is 18.9. The van der Waals surface area contributed by atoms with Gasteiger partial charge in [-0.3, -0.25) is 14.9 Å². The van der Waals surface area contributed by atoms with E-state index in [1.54, 1.807) is 24.3 Å². The molecule has 1 saturated heterocycles. The lowest BCUT2D eigenvalue weighted by Gasteiger charge is -2.33. The first-order valence-electron chi connectivity index (χ1n) is 7.89. The summed E-state index contributed by atoms with van der Waals surface area (Å²) in [6, 6.07) is 8.95. The summed E-state index contributed by atoms with van der Waals surface area (Å²) in [7, 11) is -3.62. The highest BCUT2D eigenvalue weighted by Gasteiger charge is 2.31. The largest absolute Gasteiger partial charge is 0.433 e. The van der Waals surface area contributed by atoms with Crippen LogP contribution in [0.4, 0.5) is 5.88 Å². The molecule has 2 heterocycles. The molecule has 0 unspecified atom stereocenters. The molecule has 9 nitrogen and oxygen atoms in total. The van der Waals surface area contributed by atoms with Gasteiger partial charge in [0.1, 0.15) is 4.92 Å². The molecule has 10 heteroatoms. The van der Waals surface area contributed by atoms with Crippen molar-refractivity contribution >= 4 is 21.8 Å². The lowest BCUT2D eigenvalue weighted by molar-refractivity contribution is -0.402. The standard InChI is InChI=1S/C16H17N3O6S/c1-12-2-4-13(5-3-12)26(23,24)18-10-8-17(9-11-18)16(20)14-6-7-15(25-14)19(21)22/h2-7H,8-11H2,1H3. The van der Waals surface area contributed by atoms with Crippen LogP contribution >= 0.6 is 0 Å². The van der Waals surface area contributed by atoms with Crippen LogP contribution in [-0.4, -0.2) is 54.6 Å². The summed E-state index contributed by atoms with van der Waals surface area (Å²) in [4.78, 5) is 23.9. The van der Waals surface area contributed by atoms with Crippen molar-refractivity contribution in [2.24, 2.45) is 0 Å². The van der Waals surface area contributed by atoms with Gasteiger partial charge in [0.2, 0.25) is 10.0 Å². The number of benzene rings is 1. The Morgan fingerprint density at radius 2 is 1.69 bits per heavy atom. The van der Waals surface area contributed by atoms with Gasteiger partial charge in [0.15, 0.2) is 5.76 Å². The fraction of sp³-hybridized carbons (Fsp3) is 0.312. The topological polar surface area (TPSA) is 114 Å². The van der Waals surface area contributed by atoms with Crippen molar-refractivity contribution in [2.75, 3.05) is 26.2 Å². The van der Waals surface area contributed by atoms with Gasteiger partial charge in [-0.1, -0.05) is 17.7 Å². The number of aryl methyl sites for hydroxylation is 1. The lowest BCUT2D eigenvalue weighted by atomic mass is 10.2. The Hall–Kier alpha value is -2.72. The van der Waals surface area contributed by atoms with Crippen molar-refractivity contribution in [1.82, 2.24) is 9.21 Å². The Kier molecular flexibility index (Phi) is 4.79. The number of carbonyl (C=O) groups excluding carboxylic acids is 1. The van der Waals surface area contributed by atoms with Crippen LogP contribution in [0, 0.1) is 17.0 Å². The van der Waals surface area contributed by atoms with E-state index < -0.39 is 26.7 Å². The molecule has 0 radical (unpaired) electrons. The van der Waals surface area contributed by atoms with Crippen molar-refractivity contribution in [3.8, 4) is 0 Å². The van der Waals surface area contributed by atoms with Gasteiger partial charge in [0, 0.05) is 26.2 Å². The molecule has 0 saturated carbocycles. The molecular weight excluding hydrogens is 362 g/mol. The maximum atomic E-state index is 12.7. The van der Waals surface area contributed by atoms with Gasteiger partial charge in [-0.2, -0.15) is 4.31 Å². The Balaban J connectivity index is 1.67. The number of piperazine rings is 1. The molecule has 3 rings (SSSR count). The molecule has 2 aromatic rings. The van der Waals surface area contributed by atoms with E-state index in [4.69, 9.17) is 4.42 Å². The number of hydrogen-bond donors (Lipinski definition) is 0. The van der Waals surface area contributed by atoms with Crippen LogP contribution in [-0.2, 0) is 10.0 Å². The molecule has 1 fully saturated rings. The highest BCUT2D eigenvalue weighted by Crippen LogP contribution is 2.21. The number of rotatable bonds is 4. The number of sulfonamides is 1. The van der Waals surface area contributed by atoms with Gasteiger partial charge in [-0.05, 0) is 25.1 Å². The van der Waals surface area contributed by atoms with Crippen LogP contribution in [0.5, 0.6) is 0 Å². The highest BCUT2D eigenvalue weighted by atomic mass is 32.2. The van der Waals surface area contributed by atoms with Crippen molar-refractivity contribution < 1.29 is 22.6 Å². The van der Waals surface area contributed by atoms with Crippen LogP contribution in [0.1, 0.15) is 16.1 Å². The van der Waals surface area contributed by atoms with E-state index in [9.17, 15) is 23.3 Å². The van der Waals surface area contributed by atoms with Crippen LogP contribution in [0.3, 0.4) is 0 Å². The fourth-order valence-electron chi connectivity index (χ4n) is 2.69. The highest BCUT2D eigenvalue weighted by molar-refractivity contribution is 7.89. The quantitative estimate of drug-likeness (QED) is 0.589. The average Bonchev–Trinajstić information content (AvgIpc) is 3.12. The summed E-state index contributed by atoms with van der Waals surface area (Å²) < 4.78 is 31.5. The second kappa shape index (κ2) is 6.89. The van der Waals surface area contributed by atoms with Crippen molar-refractivity contribution in [3.63, 3.8) is 0 Å². The molecule has 26 heavy (non-hydrogen) atoms. The molecule has 1 aliphatic rings. The van der Waals surface area contributed by atoms with Crippen LogP contribution in [0.25, 0.3) is 0 Å². The molecule has 1 aromatic heterocycles. The predicted octanol–water partition coefficient (Wildman–Crippen LogP) is 1.64. The van der Waals surface area contributed by atoms with Gasteiger partial charge in [0.25, 0.3) is 5.91 Å². The number of carbonyl (C=O) groups is 1. The molecule has 1 amide bonds. The third-order valence-corrected chi connectivity index (χ3v) is 6.08. The summed E-state index contributed by atoms with van der Waals surface area (Å²) in [5, 5.41) is 10.6. The monoisotopic (exact) mass is 379 g/mol. The number of hydrogen-bond acceptors (Lipinski definition) is 6. The summed E-state index contributed by atoms with van der Waals surface area (Å²) in [6.45, 7) is 2.52. The number of amides is 1. The third-order valence-electron chi connectivity index (χ3n) is 4.17. The maximum absolute atomic E-state index is 12.7. The van der Waals surface area contributed by atoms with Gasteiger partial charge in [-0.15, -0.1) is 0 Å². The minimum atomic E-state index is -3.62. The first kappa shape index (κ1) is 18.1. The summed E-state index contributed by atoms with van der Waals surface area (Å²) in [5.41, 5.74) is 0.965. The Labute approximate surface area is 150 Å². The Morgan fingerprint density at radius 3 is 2.23 bits per heavy atom. The van der Waals surface area contributed by atoms with Gasteiger partial charge < -0.3 is 9.32 Å². The maximum Gasteiger partial charge on any atom is 0.433 e. The number of nitrogens with zero attached hydrogens (tertiary/aromatic N) is 3. The second-order valence-corrected chi connectivity index (χ2v) is 7.84. The minimum Gasteiger partial charge on any atom is -0.395 e.